The van der Waals surface area contributed by atoms with Crippen molar-refractivity contribution in [2.75, 3.05) is 6.54 Å². The van der Waals surface area contributed by atoms with Crippen LogP contribution in [-0.4, -0.2) is 31.8 Å². The fourth-order valence-corrected chi connectivity index (χ4v) is 3.28. The number of aryl methyl sites for hydroxylation is 3. The molecule has 0 saturated carbocycles. The van der Waals surface area contributed by atoms with E-state index in [0.717, 1.165) is 54.7 Å². The molecule has 2 aromatic heterocycles. The van der Waals surface area contributed by atoms with Gasteiger partial charge in [0.05, 0.1) is 11.4 Å². The standard InChI is InChI=1S/C18H25N5O2/c1-4-9-19-16(24)11-22-17(25)14-7-5-6-8-15(14)20-18(22)23-13(3)10-12(2)21-23/h10H,4-9,11H2,1-3H3,(H,19,24). The number of carbonyl (C=O) groups is 1. The minimum Gasteiger partial charge on any atom is -0.355 e. The average molecular weight is 343 g/mol. The van der Waals surface area contributed by atoms with E-state index in [-0.39, 0.29) is 18.0 Å². The lowest BCUT2D eigenvalue weighted by atomic mass is 9.97. The Bertz CT molecular complexity index is 850. The van der Waals surface area contributed by atoms with Gasteiger partial charge in [0.1, 0.15) is 6.54 Å². The second-order valence-electron chi connectivity index (χ2n) is 6.62. The maximum Gasteiger partial charge on any atom is 0.258 e. The Balaban J connectivity index is 2.11. The van der Waals surface area contributed by atoms with Crippen molar-refractivity contribution in [2.45, 2.75) is 59.4 Å². The normalized spacial score (nSPS) is 13.6. The van der Waals surface area contributed by atoms with E-state index in [1.807, 2.05) is 26.8 Å². The summed E-state index contributed by atoms with van der Waals surface area (Å²) in [7, 11) is 0. The minimum absolute atomic E-state index is 0.0349. The van der Waals surface area contributed by atoms with Crippen LogP contribution in [0.3, 0.4) is 0 Å². The summed E-state index contributed by atoms with van der Waals surface area (Å²) in [6.07, 6.45) is 4.42. The molecule has 7 nitrogen and oxygen atoms in total. The molecule has 0 aliphatic heterocycles. The minimum atomic E-state index is -0.177. The van der Waals surface area contributed by atoms with E-state index in [1.165, 1.54) is 4.57 Å². The summed E-state index contributed by atoms with van der Waals surface area (Å²) in [5, 5.41) is 7.29. The number of nitrogens with one attached hydrogen (secondary N) is 1. The van der Waals surface area contributed by atoms with E-state index in [0.29, 0.717) is 12.5 Å². The molecule has 1 amide bonds. The molecule has 0 aromatic carbocycles. The predicted molar refractivity (Wildman–Crippen MR) is 95.0 cm³/mol. The zero-order valence-corrected chi connectivity index (χ0v) is 15.1. The number of hydrogen-bond donors (Lipinski definition) is 1. The molecule has 0 bridgehead atoms. The largest absolute Gasteiger partial charge is 0.355 e. The van der Waals surface area contributed by atoms with Gasteiger partial charge in [0, 0.05) is 17.8 Å². The monoisotopic (exact) mass is 343 g/mol. The number of fused-ring (bicyclic) bond motifs is 1. The summed E-state index contributed by atoms with van der Waals surface area (Å²) in [4.78, 5) is 30.0. The van der Waals surface area contributed by atoms with Gasteiger partial charge in [0.2, 0.25) is 11.9 Å². The summed E-state index contributed by atoms with van der Waals surface area (Å²) in [6.45, 7) is 6.38. The molecule has 0 saturated heterocycles. The molecule has 0 atom stereocenters. The number of amides is 1. The van der Waals surface area contributed by atoms with Gasteiger partial charge in [-0.15, -0.1) is 0 Å². The molecule has 134 valence electrons. The van der Waals surface area contributed by atoms with E-state index in [2.05, 4.69) is 10.4 Å². The van der Waals surface area contributed by atoms with Gasteiger partial charge in [-0.25, -0.2) is 9.67 Å². The first-order chi connectivity index (χ1) is 12.0. The highest BCUT2D eigenvalue weighted by Crippen LogP contribution is 2.18. The van der Waals surface area contributed by atoms with Crippen molar-refractivity contribution >= 4 is 5.91 Å². The maximum absolute atomic E-state index is 13.0. The van der Waals surface area contributed by atoms with E-state index in [4.69, 9.17) is 4.98 Å². The molecule has 7 heteroatoms. The van der Waals surface area contributed by atoms with Gasteiger partial charge in [-0.2, -0.15) is 5.10 Å². The van der Waals surface area contributed by atoms with Gasteiger partial charge in [-0.3, -0.25) is 14.2 Å². The van der Waals surface area contributed by atoms with Crippen molar-refractivity contribution in [1.82, 2.24) is 24.6 Å². The van der Waals surface area contributed by atoms with Gasteiger partial charge >= 0.3 is 0 Å². The number of rotatable bonds is 5. The second kappa shape index (κ2) is 7.21. The van der Waals surface area contributed by atoms with E-state index < -0.39 is 0 Å². The van der Waals surface area contributed by atoms with Crippen LogP contribution < -0.4 is 10.9 Å². The average Bonchev–Trinajstić information content (AvgIpc) is 2.93. The molecular weight excluding hydrogens is 318 g/mol. The Kier molecular flexibility index (Phi) is 5.01. The highest BCUT2D eigenvalue weighted by molar-refractivity contribution is 5.75. The fourth-order valence-electron chi connectivity index (χ4n) is 3.28. The Morgan fingerprint density at radius 2 is 2.04 bits per heavy atom. The van der Waals surface area contributed by atoms with Crippen LogP contribution in [0, 0.1) is 13.8 Å². The first-order valence-electron chi connectivity index (χ1n) is 8.94. The van der Waals surface area contributed by atoms with E-state index >= 15 is 0 Å². The van der Waals surface area contributed by atoms with Crippen LogP contribution in [0.5, 0.6) is 0 Å². The van der Waals surface area contributed by atoms with Crippen LogP contribution in [0.15, 0.2) is 10.9 Å². The van der Waals surface area contributed by atoms with Gasteiger partial charge in [0.15, 0.2) is 0 Å². The lowest BCUT2D eigenvalue weighted by molar-refractivity contribution is -0.121. The van der Waals surface area contributed by atoms with Crippen molar-refractivity contribution < 1.29 is 4.79 Å². The molecule has 2 aromatic rings. The van der Waals surface area contributed by atoms with Gasteiger partial charge < -0.3 is 5.32 Å². The number of hydrogen-bond acceptors (Lipinski definition) is 4. The molecular formula is C18H25N5O2. The van der Waals surface area contributed by atoms with E-state index in [1.54, 1.807) is 4.68 Å². The molecule has 1 aliphatic carbocycles. The first-order valence-corrected chi connectivity index (χ1v) is 8.94. The summed E-state index contributed by atoms with van der Waals surface area (Å²) in [5.41, 5.74) is 3.23. The molecule has 0 spiro atoms. The third-order valence-electron chi connectivity index (χ3n) is 4.49. The predicted octanol–water partition coefficient (Wildman–Crippen LogP) is 1.45. The topological polar surface area (TPSA) is 81.8 Å². The van der Waals surface area contributed by atoms with Crippen LogP contribution >= 0.6 is 0 Å². The fraction of sp³-hybridized carbons (Fsp3) is 0.556. The Labute approximate surface area is 147 Å². The highest BCUT2D eigenvalue weighted by atomic mass is 16.2. The molecule has 0 fully saturated rings. The summed E-state index contributed by atoms with van der Waals surface area (Å²) in [5.74, 6) is 0.257. The van der Waals surface area contributed by atoms with Crippen molar-refractivity contribution in [3.63, 3.8) is 0 Å². The van der Waals surface area contributed by atoms with Gasteiger partial charge in [-0.1, -0.05) is 6.92 Å². The third-order valence-corrected chi connectivity index (χ3v) is 4.49. The quantitative estimate of drug-likeness (QED) is 0.891. The molecule has 1 N–H and O–H groups in total. The third kappa shape index (κ3) is 3.50. The van der Waals surface area contributed by atoms with Crippen LogP contribution in [0.1, 0.15) is 48.8 Å². The van der Waals surface area contributed by atoms with E-state index in [9.17, 15) is 9.59 Å². The highest BCUT2D eigenvalue weighted by Gasteiger charge is 2.22. The Morgan fingerprint density at radius 1 is 1.28 bits per heavy atom. The number of carbonyl (C=O) groups excluding carboxylic acids is 1. The molecule has 1 aliphatic rings. The van der Waals surface area contributed by atoms with Crippen molar-refractivity contribution in [3.05, 3.63) is 39.1 Å². The lowest BCUT2D eigenvalue weighted by Crippen LogP contribution is -2.38. The van der Waals surface area contributed by atoms with Crippen molar-refractivity contribution in [2.24, 2.45) is 0 Å². The summed E-state index contributed by atoms with van der Waals surface area (Å²) >= 11 is 0. The number of aromatic nitrogens is 4. The van der Waals surface area contributed by atoms with Crippen LogP contribution in [0.2, 0.25) is 0 Å². The zero-order chi connectivity index (χ0) is 18.0. The number of nitrogens with zero attached hydrogens (tertiary/aromatic N) is 4. The van der Waals surface area contributed by atoms with Crippen LogP contribution in [0.25, 0.3) is 5.95 Å². The maximum atomic E-state index is 13.0. The molecule has 25 heavy (non-hydrogen) atoms. The van der Waals surface area contributed by atoms with Crippen molar-refractivity contribution in [1.29, 1.82) is 0 Å². The lowest BCUT2D eigenvalue weighted by Gasteiger charge is -2.20. The Hall–Kier alpha value is -2.44. The van der Waals surface area contributed by atoms with Gasteiger partial charge in [0.25, 0.3) is 5.56 Å². The summed E-state index contributed by atoms with van der Waals surface area (Å²) in [6, 6.07) is 1.94. The Morgan fingerprint density at radius 3 is 2.72 bits per heavy atom. The summed E-state index contributed by atoms with van der Waals surface area (Å²) < 4.78 is 3.13. The van der Waals surface area contributed by atoms with Crippen LogP contribution in [-0.2, 0) is 24.2 Å². The first kappa shape index (κ1) is 17.4. The molecule has 2 heterocycles. The zero-order valence-electron chi connectivity index (χ0n) is 15.1. The SMILES string of the molecule is CCCNC(=O)Cn1c(-n2nc(C)cc2C)nc2c(c1=O)CCCC2. The molecule has 3 rings (SSSR count). The smallest absolute Gasteiger partial charge is 0.258 e. The van der Waals surface area contributed by atoms with Gasteiger partial charge in [-0.05, 0) is 52.0 Å². The van der Waals surface area contributed by atoms with Crippen LogP contribution in [0.4, 0.5) is 0 Å². The second-order valence-corrected chi connectivity index (χ2v) is 6.62. The van der Waals surface area contributed by atoms with Crippen molar-refractivity contribution in [3.8, 4) is 5.95 Å². The molecule has 0 radical (unpaired) electrons. The molecule has 0 unspecified atom stereocenters.